The van der Waals surface area contributed by atoms with Crippen molar-refractivity contribution < 1.29 is 51.4 Å². The second-order valence-electron chi connectivity index (χ2n) is 16.1. The van der Waals surface area contributed by atoms with Gasteiger partial charge in [-0.05, 0) is 64.0 Å². The third kappa shape index (κ3) is 10.5. The van der Waals surface area contributed by atoms with E-state index in [4.69, 9.17) is 14.2 Å². The highest BCUT2D eigenvalue weighted by Gasteiger charge is 2.62. The van der Waals surface area contributed by atoms with Gasteiger partial charge in [-0.1, -0.05) is 52.3 Å². The van der Waals surface area contributed by atoms with Gasteiger partial charge in [-0.15, -0.1) is 6.58 Å². The lowest BCUT2D eigenvalue weighted by atomic mass is 9.85. The minimum Gasteiger partial charge on any atom is -0.462 e. The lowest BCUT2D eigenvalue weighted by molar-refractivity contribution is -0.143. The molecule has 1 aromatic carbocycles. The Morgan fingerprint density at radius 1 is 1.04 bits per heavy atom. The zero-order valence-corrected chi connectivity index (χ0v) is 32.8. The van der Waals surface area contributed by atoms with Crippen LogP contribution in [0.5, 0.6) is 0 Å². The van der Waals surface area contributed by atoms with Crippen LogP contribution in [0.2, 0.25) is 0 Å². The van der Waals surface area contributed by atoms with Gasteiger partial charge < -0.3 is 29.7 Å². The zero-order chi connectivity index (χ0) is 40.2. The number of benzene rings is 1. The summed E-state index contributed by atoms with van der Waals surface area (Å²) in [5.41, 5.74) is -3.20. The van der Waals surface area contributed by atoms with Crippen molar-refractivity contribution in [1.82, 2.24) is 20.3 Å². The van der Waals surface area contributed by atoms with Crippen molar-refractivity contribution in [2.24, 2.45) is 11.3 Å². The van der Waals surface area contributed by atoms with E-state index in [1.165, 1.54) is 18.2 Å². The Hall–Kier alpha value is -4.67. The van der Waals surface area contributed by atoms with Crippen LogP contribution >= 0.6 is 0 Å². The molecule has 2 aliphatic carbocycles. The number of para-hydroxylation sites is 1. The number of anilines is 1. The third-order valence-electron chi connectivity index (χ3n) is 9.26. The summed E-state index contributed by atoms with van der Waals surface area (Å²) in [7, 11) is -3.95. The van der Waals surface area contributed by atoms with Crippen LogP contribution in [0.3, 0.4) is 0 Å². The standard InChI is InChI=1S/C37H53N5O11S/c1-9-11-18-51-31(45)25-14-12-13-15-26(25)38-33(47)52-23-19-27(42(21-23)30(44)28(35(3,4)5)39-34(48)53-36(6,7)8)29(43)40-37(20-22(37)10-2)32(46)41-54(49,50)24-16-17-24/h10,12-15,22-24,27-28H,2,9,11,16-21H2,1,3-8H3,(H,38,47)(H,39,48)(H,40,43)(H,41,46)/t22?,23-,27+,28-,37-/m1/s1. The van der Waals surface area contributed by atoms with E-state index in [2.05, 4.69) is 27.3 Å². The molecule has 4 N–H and O–H groups in total. The van der Waals surface area contributed by atoms with Gasteiger partial charge in [-0.2, -0.15) is 0 Å². The highest BCUT2D eigenvalue weighted by molar-refractivity contribution is 7.91. The number of likely N-dealkylation sites (tertiary alicyclic amines) is 1. The Balaban J connectivity index is 1.58. The fraction of sp³-hybridized carbons (Fsp3) is 0.622. The summed E-state index contributed by atoms with van der Waals surface area (Å²) in [5.74, 6) is -3.64. The van der Waals surface area contributed by atoms with Crippen LogP contribution in [0.15, 0.2) is 36.9 Å². The number of carbonyl (C=O) groups excluding carboxylic acids is 6. The molecule has 0 spiro atoms. The summed E-state index contributed by atoms with van der Waals surface area (Å²) in [6.07, 6.45) is 0.708. The number of rotatable bonds is 14. The van der Waals surface area contributed by atoms with Crippen molar-refractivity contribution in [3.05, 3.63) is 42.5 Å². The molecule has 1 aliphatic heterocycles. The molecule has 16 nitrogen and oxygen atoms in total. The van der Waals surface area contributed by atoms with E-state index >= 15 is 0 Å². The highest BCUT2D eigenvalue weighted by Crippen LogP contribution is 2.45. The van der Waals surface area contributed by atoms with Gasteiger partial charge in [0.1, 0.15) is 29.3 Å². The minimum absolute atomic E-state index is 0.0718. The molecule has 1 heterocycles. The van der Waals surface area contributed by atoms with Gasteiger partial charge in [0.2, 0.25) is 21.8 Å². The fourth-order valence-electron chi connectivity index (χ4n) is 6.08. The fourth-order valence-corrected chi connectivity index (χ4v) is 7.45. The topological polar surface area (TPSA) is 216 Å². The first kappa shape index (κ1) is 42.1. The molecule has 0 bridgehead atoms. The van der Waals surface area contributed by atoms with Crippen molar-refractivity contribution in [3.63, 3.8) is 0 Å². The van der Waals surface area contributed by atoms with Gasteiger partial charge in [0.15, 0.2) is 0 Å². The monoisotopic (exact) mass is 775 g/mol. The van der Waals surface area contributed by atoms with Gasteiger partial charge in [0, 0.05) is 12.3 Å². The predicted molar refractivity (Wildman–Crippen MR) is 198 cm³/mol. The maximum absolute atomic E-state index is 14.4. The molecule has 1 aromatic rings. The molecule has 5 atom stereocenters. The molecule has 3 fully saturated rings. The number of hydrogen-bond acceptors (Lipinski definition) is 11. The molecule has 0 aromatic heterocycles. The van der Waals surface area contributed by atoms with E-state index in [0.717, 1.165) is 11.3 Å². The van der Waals surface area contributed by atoms with Crippen molar-refractivity contribution in [2.75, 3.05) is 18.5 Å². The number of esters is 1. The third-order valence-corrected chi connectivity index (χ3v) is 11.1. The predicted octanol–water partition coefficient (Wildman–Crippen LogP) is 3.77. The Labute approximate surface area is 316 Å². The largest absolute Gasteiger partial charge is 0.462 e. The van der Waals surface area contributed by atoms with Gasteiger partial charge in [-0.3, -0.25) is 24.4 Å². The lowest BCUT2D eigenvalue weighted by Gasteiger charge is -2.36. The summed E-state index contributed by atoms with van der Waals surface area (Å²) < 4.78 is 43.8. The maximum Gasteiger partial charge on any atom is 0.411 e. The van der Waals surface area contributed by atoms with Crippen LogP contribution in [0, 0.1) is 11.3 Å². The molecule has 298 valence electrons. The zero-order valence-electron chi connectivity index (χ0n) is 32.0. The molecular formula is C37H53N5O11S. The highest BCUT2D eigenvalue weighted by atomic mass is 32.2. The first-order valence-electron chi connectivity index (χ1n) is 18.2. The number of nitrogens with one attached hydrogen (secondary N) is 4. The summed E-state index contributed by atoms with van der Waals surface area (Å²) in [5, 5.41) is 7.16. The Bertz CT molecular complexity index is 1750. The Morgan fingerprint density at radius 3 is 2.28 bits per heavy atom. The smallest absolute Gasteiger partial charge is 0.411 e. The van der Waals surface area contributed by atoms with E-state index in [0.29, 0.717) is 19.3 Å². The number of carbonyl (C=O) groups is 6. The Kier molecular flexibility index (Phi) is 12.8. The molecule has 3 aliphatic rings. The molecule has 4 rings (SSSR count). The first-order chi connectivity index (χ1) is 25.1. The van der Waals surface area contributed by atoms with Gasteiger partial charge in [0.05, 0.1) is 29.7 Å². The van der Waals surface area contributed by atoms with Crippen molar-refractivity contribution >= 4 is 51.6 Å². The van der Waals surface area contributed by atoms with E-state index in [1.54, 1.807) is 53.7 Å². The molecule has 0 radical (unpaired) electrons. The first-order valence-corrected chi connectivity index (χ1v) is 19.7. The molecule has 1 unspecified atom stereocenters. The van der Waals surface area contributed by atoms with E-state index in [9.17, 15) is 37.2 Å². The van der Waals surface area contributed by atoms with Crippen molar-refractivity contribution in [3.8, 4) is 0 Å². The number of alkyl carbamates (subject to hydrolysis) is 1. The lowest BCUT2D eigenvalue weighted by Crippen LogP contribution is -2.60. The maximum atomic E-state index is 14.4. The second kappa shape index (κ2) is 16.4. The van der Waals surface area contributed by atoms with E-state index < -0.39 is 91.8 Å². The molecule has 1 saturated heterocycles. The summed E-state index contributed by atoms with van der Waals surface area (Å²) in [6, 6.07) is 3.66. The SMILES string of the molecule is C=CC1C[C@]1(NC(=O)[C@@H]1C[C@@H](OC(=O)Nc2ccccc2C(=O)OCCCC)CN1C(=O)[C@@H](NC(=O)OC(C)(C)C)C(C)(C)C)C(=O)NS(=O)(=O)C1CC1. The number of nitrogens with zero attached hydrogens (tertiary/aromatic N) is 1. The number of unbranched alkanes of at least 4 members (excludes halogenated alkanes) is 1. The molecule has 54 heavy (non-hydrogen) atoms. The van der Waals surface area contributed by atoms with Crippen LogP contribution in [-0.4, -0.2) is 96.9 Å². The van der Waals surface area contributed by atoms with Gasteiger partial charge in [0.25, 0.3) is 5.91 Å². The van der Waals surface area contributed by atoms with Gasteiger partial charge >= 0.3 is 18.2 Å². The molecule has 2 saturated carbocycles. The number of ether oxygens (including phenoxy) is 3. The molecular weight excluding hydrogens is 722 g/mol. The van der Waals surface area contributed by atoms with E-state index in [1.807, 2.05) is 6.92 Å². The Morgan fingerprint density at radius 2 is 1.70 bits per heavy atom. The molecule has 5 amide bonds. The van der Waals surface area contributed by atoms with Gasteiger partial charge in [-0.25, -0.2) is 22.8 Å². The van der Waals surface area contributed by atoms with Crippen LogP contribution in [0.1, 0.15) is 97.3 Å². The summed E-state index contributed by atoms with van der Waals surface area (Å²) in [6.45, 7) is 15.7. The van der Waals surface area contributed by atoms with Crippen LogP contribution < -0.4 is 20.7 Å². The minimum atomic E-state index is -3.95. The number of hydrogen-bond donors (Lipinski definition) is 4. The van der Waals surface area contributed by atoms with Crippen LogP contribution in [-0.2, 0) is 38.6 Å². The number of sulfonamides is 1. The van der Waals surface area contributed by atoms with Crippen molar-refractivity contribution in [1.29, 1.82) is 0 Å². The number of amides is 5. The summed E-state index contributed by atoms with van der Waals surface area (Å²) in [4.78, 5) is 81.9. The average molecular weight is 776 g/mol. The quantitative estimate of drug-likeness (QED) is 0.0924. The van der Waals surface area contributed by atoms with E-state index in [-0.39, 0.29) is 37.2 Å². The van der Waals surface area contributed by atoms with Crippen LogP contribution in [0.25, 0.3) is 0 Å². The second-order valence-corrected chi connectivity index (χ2v) is 18.0. The normalized spacial score (nSPS) is 22.9. The average Bonchev–Trinajstić information content (AvgIpc) is 3.99. The van der Waals surface area contributed by atoms with Crippen molar-refractivity contribution in [2.45, 2.75) is 122 Å². The molecule has 17 heteroatoms. The summed E-state index contributed by atoms with van der Waals surface area (Å²) >= 11 is 0. The van der Waals surface area contributed by atoms with Crippen LogP contribution in [0.4, 0.5) is 15.3 Å².